The molecule has 0 radical (unpaired) electrons. The van der Waals surface area contributed by atoms with Crippen LogP contribution in [0.5, 0.6) is 11.5 Å². The minimum absolute atomic E-state index is 0.106. The Morgan fingerprint density at radius 2 is 1.71 bits per heavy atom. The number of carbonyl (C=O) groups excluding carboxylic acids is 2. The molecule has 0 spiro atoms. The minimum atomic E-state index is -0.314. The number of hydrogen-bond donors (Lipinski definition) is 2. The summed E-state index contributed by atoms with van der Waals surface area (Å²) < 4.78 is 11.0. The molecule has 0 heterocycles. The quantitative estimate of drug-likeness (QED) is 0.562. The number of amides is 2. The fourth-order valence-corrected chi connectivity index (χ4v) is 2.46. The summed E-state index contributed by atoms with van der Waals surface area (Å²) in [6.45, 7) is 3.28. The fourth-order valence-electron chi connectivity index (χ4n) is 2.28. The molecule has 2 aromatic rings. The summed E-state index contributed by atoms with van der Waals surface area (Å²) in [6.07, 6.45) is 2.05. The zero-order valence-electron chi connectivity index (χ0n) is 15.9. The van der Waals surface area contributed by atoms with Gasteiger partial charge < -0.3 is 20.1 Å². The first kappa shape index (κ1) is 21.6. The summed E-state index contributed by atoms with van der Waals surface area (Å²) in [6, 6.07) is 13.9. The number of hydrogen-bond acceptors (Lipinski definition) is 4. The predicted molar refractivity (Wildman–Crippen MR) is 109 cm³/mol. The Morgan fingerprint density at radius 3 is 2.43 bits per heavy atom. The number of ether oxygens (including phenoxy) is 2. The monoisotopic (exact) mass is 404 g/mol. The van der Waals surface area contributed by atoms with Crippen molar-refractivity contribution in [2.45, 2.75) is 19.8 Å². The van der Waals surface area contributed by atoms with E-state index in [9.17, 15) is 9.59 Å². The molecule has 0 aliphatic rings. The van der Waals surface area contributed by atoms with Crippen LogP contribution < -0.4 is 20.1 Å². The highest BCUT2D eigenvalue weighted by atomic mass is 35.5. The van der Waals surface area contributed by atoms with E-state index < -0.39 is 0 Å². The normalized spacial score (nSPS) is 10.2. The Labute approximate surface area is 170 Å². The number of nitrogens with one attached hydrogen (secondary N) is 2. The van der Waals surface area contributed by atoms with Gasteiger partial charge in [-0.15, -0.1) is 0 Å². The van der Waals surface area contributed by atoms with E-state index in [1.165, 1.54) is 0 Å². The third-order valence-corrected chi connectivity index (χ3v) is 4.02. The van der Waals surface area contributed by atoms with E-state index in [0.29, 0.717) is 36.1 Å². The molecule has 2 amide bonds. The van der Waals surface area contributed by atoms with Crippen molar-refractivity contribution < 1.29 is 19.1 Å². The second-order valence-corrected chi connectivity index (χ2v) is 6.50. The largest absolute Gasteiger partial charge is 0.494 e. The lowest BCUT2D eigenvalue weighted by atomic mass is 10.2. The van der Waals surface area contributed by atoms with Crippen molar-refractivity contribution in [2.75, 3.05) is 26.3 Å². The van der Waals surface area contributed by atoms with Crippen molar-refractivity contribution in [2.24, 2.45) is 0 Å². The second kappa shape index (κ2) is 11.9. The zero-order valence-corrected chi connectivity index (χ0v) is 16.6. The first-order valence-electron chi connectivity index (χ1n) is 9.24. The van der Waals surface area contributed by atoms with E-state index in [1.54, 1.807) is 48.5 Å². The van der Waals surface area contributed by atoms with Crippen LogP contribution in [0.15, 0.2) is 48.5 Å². The predicted octanol–water partition coefficient (Wildman–Crippen LogP) is 3.44. The van der Waals surface area contributed by atoms with E-state index in [4.69, 9.17) is 21.1 Å². The van der Waals surface area contributed by atoms with Crippen LogP contribution in [0.4, 0.5) is 0 Å². The van der Waals surface area contributed by atoms with Gasteiger partial charge in [0.05, 0.1) is 19.7 Å². The summed E-state index contributed by atoms with van der Waals surface area (Å²) in [5, 5.41) is 5.85. The first-order valence-corrected chi connectivity index (χ1v) is 9.62. The fraction of sp³-hybridized carbons (Fsp3) is 0.333. The van der Waals surface area contributed by atoms with Gasteiger partial charge in [0.1, 0.15) is 18.1 Å². The Kier molecular flexibility index (Phi) is 9.15. The zero-order chi connectivity index (χ0) is 20.2. The maximum atomic E-state index is 12.1. The van der Waals surface area contributed by atoms with Gasteiger partial charge in [0, 0.05) is 10.6 Å². The molecule has 0 aliphatic carbocycles. The molecule has 28 heavy (non-hydrogen) atoms. The van der Waals surface area contributed by atoms with E-state index in [-0.39, 0.29) is 18.4 Å². The van der Waals surface area contributed by atoms with Gasteiger partial charge in [-0.25, -0.2) is 0 Å². The van der Waals surface area contributed by atoms with Crippen LogP contribution in [0.2, 0.25) is 5.02 Å². The summed E-state index contributed by atoms with van der Waals surface area (Å²) in [5.41, 5.74) is 0.472. The molecule has 2 N–H and O–H groups in total. The second-order valence-electron chi connectivity index (χ2n) is 6.06. The van der Waals surface area contributed by atoms with E-state index in [1.807, 2.05) is 0 Å². The van der Waals surface area contributed by atoms with Crippen LogP contribution in [0.1, 0.15) is 30.1 Å². The Bertz CT molecular complexity index is 765. The van der Waals surface area contributed by atoms with E-state index in [0.717, 1.165) is 18.6 Å². The molecule has 0 fully saturated rings. The average Bonchev–Trinajstić information content (AvgIpc) is 2.70. The molecule has 2 aromatic carbocycles. The highest BCUT2D eigenvalue weighted by Gasteiger charge is 2.08. The van der Waals surface area contributed by atoms with Crippen LogP contribution >= 0.6 is 11.6 Å². The molecule has 0 unspecified atom stereocenters. The summed E-state index contributed by atoms with van der Waals surface area (Å²) in [5.74, 6) is 0.757. The third kappa shape index (κ3) is 7.88. The van der Waals surface area contributed by atoms with Crippen LogP contribution in [-0.2, 0) is 4.79 Å². The number of rotatable bonds is 11. The van der Waals surface area contributed by atoms with Gasteiger partial charge in [-0.1, -0.05) is 31.0 Å². The van der Waals surface area contributed by atoms with Gasteiger partial charge in [0.25, 0.3) is 5.91 Å². The summed E-state index contributed by atoms with van der Waals surface area (Å²) >= 11 is 5.87. The molecular weight excluding hydrogens is 380 g/mol. The van der Waals surface area contributed by atoms with Gasteiger partial charge in [-0.2, -0.15) is 0 Å². The molecule has 7 heteroatoms. The van der Waals surface area contributed by atoms with Gasteiger partial charge in [-0.3, -0.25) is 9.59 Å². The smallest absolute Gasteiger partial charge is 0.251 e. The van der Waals surface area contributed by atoms with Gasteiger partial charge in [0.2, 0.25) is 5.91 Å². The Morgan fingerprint density at radius 1 is 0.964 bits per heavy atom. The molecule has 0 bridgehead atoms. The van der Waals surface area contributed by atoms with E-state index in [2.05, 4.69) is 17.6 Å². The van der Waals surface area contributed by atoms with E-state index >= 15 is 0 Å². The SMILES string of the molecule is CCCCOc1ccc(C(=O)NCC(=O)NCCOc2cccc(Cl)c2)cc1. The molecule has 2 rings (SSSR count). The van der Waals surface area contributed by atoms with Crippen molar-refractivity contribution in [3.05, 3.63) is 59.1 Å². The molecule has 0 saturated heterocycles. The lowest BCUT2D eigenvalue weighted by molar-refractivity contribution is -0.120. The highest BCUT2D eigenvalue weighted by molar-refractivity contribution is 6.30. The minimum Gasteiger partial charge on any atom is -0.494 e. The molecular formula is C21H25ClN2O4. The first-order chi connectivity index (χ1) is 13.6. The maximum absolute atomic E-state index is 12.1. The van der Waals surface area contributed by atoms with Crippen LogP contribution in [0, 0.1) is 0 Å². The van der Waals surface area contributed by atoms with Crippen LogP contribution in [0.3, 0.4) is 0 Å². The highest BCUT2D eigenvalue weighted by Crippen LogP contribution is 2.16. The van der Waals surface area contributed by atoms with Crippen molar-refractivity contribution in [3.63, 3.8) is 0 Å². The molecule has 0 aliphatic heterocycles. The van der Waals surface area contributed by atoms with Crippen molar-refractivity contribution in [3.8, 4) is 11.5 Å². The number of benzene rings is 2. The molecule has 6 nitrogen and oxygen atoms in total. The molecule has 0 saturated carbocycles. The van der Waals surface area contributed by atoms with Gasteiger partial charge in [0.15, 0.2) is 0 Å². The van der Waals surface area contributed by atoms with Gasteiger partial charge in [-0.05, 0) is 48.9 Å². The Hall–Kier alpha value is -2.73. The van der Waals surface area contributed by atoms with Crippen molar-refractivity contribution in [1.29, 1.82) is 0 Å². The Balaban J connectivity index is 1.64. The summed E-state index contributed by atoms with van der Waals surface area (Å²) in [7, 11) is 0. The third-order valence-electron chi connectivity index (χ3n) is 3.78. The van der Waals surface area contributed by atoms with Crippen LogP contribution in [0.25, 0.3) is 0 Å². The lowest BCUT2D eigenvalue weighted by Gasteiger charge is -2.09. The van der Waals surface area contributed by atoms with Crippen molar-refractivity contribution >= 4 is 23.4 Å². The summed E-state index contributed by atoms with van der Waals surface area (Å²) in [4.78, 5) is 23.9. The van der Waals surface area contributed by atoms with Crippen LogP contribution in [-0.4, -0.2) is 38.1 Å². The molecule has 0 aromatic heterocycles. The molecule has 150 valence electrons. The standard InChI is InChI=1S/C21H25ClN2O4/c1-2-3-12-27-18-9-7-16(8-10-18)21(26)24-15-20(25)23-11-13-28-19-6-4-5-17(22)14-19/h4-10,14H,2-3,11-13,15H2,1H3,(H,23,25)(H,24,26). The topological polar surface area (TPSA) is 76.7 Å². The molecule has 0 atom stereocenters. The number of halogens is 1. The lowest BCUT2D eigenvalue weighted by Crippen LogP contribution is -2.38. The number of carbonyl (C=O) groups is 2. The van der Waals surface area contributed by atoms with Crippen molar-refractivity contribution in [1.82, 2.24) is 10.6 Å². The van der Waals surface area contributed by atoms with Gasteiger partial charge >= 0.3 is 0 Å². The number of unbranched alkanes of at least 4 members (excludes halogenated alkanes) is 1. The average molecular weight is 405 g/mol. The maximum Gasteiger partial charge on any atom is 0.251 e.